The van der Waals surface area contributed by atoms with Crippen LogP contribution in [0, 0.1) is 0 Å². The molecule has 0 amide bonds. The van der Waals surface area contributed by atoms with E-state index in [1.807, 2.05) is 36.4 Å². The molecule has 4 nitrogen and oxygen atoms in total. The zero-order chi connectivity index (χ0) is 17.1. The number of hydrogen-bond donors (Lipinski definition) is 1. The minimum atomic E-state index is 0.674. The number of nitrogens with zero attached hydrogens (tertiary/aromatic N) is 3. The van der Waals surface area contributed by atoms with Crippen molar-refractivity contribution in [2.45, 2.75) is 12.8 Å². The Labute approximate surface area is 152 Å². The molecule has 4 rings (SSSR count). The molecule has 0 atom stereocenters. The molecule has 1 aliphatic rings. The molecular weight excluding hydrogens is 332 g/mol. The van der Waals surface area contributed by atoms with Gasteiger partial charge in [0.05, 0.1) is 11.2 Å². The molecule has 3 aromatic rings. The van der Waals surface area contributed by atoms with E-state index >= 15 is 0 Å². The van der Waals surface area contributed by atoms with Crippen molar-refractivity contribution in [3.8, 4) is 11.3 Å². The second-order valence-corrected chi connectivity index (χ2v) is 6.84. The molecule has 0 bridgehead atoms. The molecule has 0 spiro atoms. The number of benzene rings is 2. The fraction of sp³-hybridized carbons (Fsp3) is 0.300. The fourth-order valence-electron chi connectivity index (χ4n) is 3.33. The van der Waals surface area contributed by atoms with Gasteiger partial charge in [-0.15, -0.1) is 0 Å². The van der Waals surface area contributed by atoms with Crippen LogP contribution in [-0.2, 0) is 0 Å². The minimum absolute atomic E-state index is 0.674. The molecule has 2 aromatic carbocycles. The van der Waals surface area contributed by atoms with E-state index in [1.54, 1.807) is 0 Å². The Kier molecular flexibility index (Phi) is 4.81. The number of nitrogens with one attached hydrogen (secondary N) is 1. The van der Waals surface area contributed by atoms with Gasteiger partial charge in [0.25, 0.3) is 0 Å². The maximum atomic E-state index is 6.20. The van der Waals surface area contributed by atoms with Gasteiger partial charge in [-0.3, -0.25) is 0 Å². The van der Waals surface area contributed by atoms with Crippen molar-refractivity contribution >= 4 is 28.5 Å². The summed E-state index contributed by atoms with van der Waals surface area (Å²) in [7, 11) is 0. The Morgan fingerprint density at radius 2 is 1.80 bits per heavy atom. The van der Waals surface area contributed by atoms with E-state index in [9.17, 15) is 0 Å². The highest BCUT2D eigenvalue weighted by Gasteiger charge is 2.12. The van der Waals surface area contributed by atoms with E-state index in [-0.39, 0.29) is 0 Å². The normalized spacial score (nSPS) is 14.9. The number of hydrogen-bond acceptors (Lipinski definition) is 4. The number of likely N-dealkylation sites (tertiary alicyclic amines) is 1. The van der Waals surface area contributed by atoms with Crippen molar-refractivity contribution in [1.29, 1.82) is 0 Å². The molecule has 5 heteroatoms. The van der Waals surface area contributed by atoms with Crippen molar-refractivity contribution in [3.05, 3.63) is 53.6 Å². The molecule has 25 heavy (non-hydrogen) atoms. The summed E-state index contributed by atoms with van der Waals surface area (Å²) in [4.78, 5) is 11.9. The highest BCUT2D eigenvalue weighted by Crippen LogP contribution is 2.29. The third-order valence-electron chi connectivity index (χ3n) is 4.61. The number of halogens is 1. The summed E-state index contributed by atoms with van der Waals surface area (Å²) in [6.07, 6.45) is 2.62. The number of rotatable bonds is 5. The van der Waals surface area contributed by atoms with Crippen LogP contribution < -0.4 is 5.32 Å². The zero-order valence-corrected chi connectivity index (χ0v) is 14.8. The minimum Gasteiger partial charge on any atom is -0.353 e. The molecule has 1 N–H and O–H groups in total. The highest BCUT2D eigenvalue weighted by atomic mass is 35.5. The molecule has 128 valence electrons. The van der Waals surface area contributed by atoms with Crippen LogP contribution in [0.5, 0.6) is 0 Å². The van der Waals surface area contributed by atoms with E-state index in [4.69, 9.17) is 16.6 Å². The van der Waals surface area contributed by atoms with Crippen molar-refractivity contribution in [2.75, 3.05) is 31.5 Å². The predicted octanol–water partition coefficient (Wildman–Crippen LogP) is 4.46. The second-order valence-electron chi connectivity index (χ2n) is 6.40. The summed E-state index contributed by atoms with van der Waals surface area (Å²) in [5.41, 5.74) is 2.89. The van der Waals surface area contributed by atoms with Crippen LogP contribution >= 0.6 is 11.6 Å². The maximum absolute atomic E-state index is 6.20. The predicted molar refractivity (Wildman–Crippen MR) is 104 cm³/mol. The molecule has 0 saturated carbocycles. The lowest BCUT2D eigenvalue weighted by Gasteiger charge is -2.15. The Balaban J connectivity index is 1.64. The van der Waals surface area contributed by atoms with Crippen LogP contribution in [0.15, 0.2) is 48.5 Å². The summed E-state index contributed by atoms with van der Waals surface area (Å²) < 4.78 is 0. The van der Waals surface area contributed by atoms with Crippen LogP contribution in [0.1, 0.15) is 12.8 Å². The zero-order valence-electron chi connectivity index (χ0n) is 14.1. The van der Waals surface area contributed by atoms with Crippen LogP contribution in [0.25, 0.3) is 22.2 Å². The Hall–Kier alpha value is -2.17. The van der Waals surface area contributed by atoms with Crippen molar-refractivity contribution in [1.82, 2.24) is 14.9 Å². The summed E-state index contributed by atoms with van der Waals surface area (Å²) in [5.74, 6) is 0.674. The summed E-state index contributed by atoms with van der Waals surface area (Å²) in [5, 5.41) is 5.06. The number of fused-ring (bicyclic) bond motifs is 1. The second kappa shape index (κ2) is 7.38. The molecule has 2 heterocycles. The van der Waals surface area contributed by atoms with Gasteiger partial charge in [-0.25, -0.2) is 9.97 Å². The number of anilines is 1. The van der Waals surface area contributed by atoms with E-state index in [1.165, 1.54) is 25.9 Å². The largest absolute Gasteiger partial charge is 0.353 e. The van der Waals surface area contributed by atoms with Crippen molar-refractivity contribution < 1.29 is 0 Å². The van der Waals surface area contributed by atoms with Crippen LogP contribution in [0.2, 0.25) is 5.02 Å². The average Bonchev–Trinajstić information content (AvgIpc) is 3.15. The van der Waals surface area contributed by atoms with Crippen molar-refractivity contribution in [3.63, 3.8) is 0 Å². The topological polar surface area (TPSA) is 41.1 Å². The van der Waals surface area contributed by atoms with E-state index in [2.05, 4.69) is 27.3 Å². The summed E-state index contributed by atoms with van der Waals surface area (Å²) >= 11 is 6.20. The fourth-order valence-corrected chi connectivity index (χ4v) is 3.50. The van der Waals surface area contributed by atoms with E-state index < -0.39 is 0 Å². The van der Waals surface area contributed by atoms with Gasteiger partial charge in [0.15, 0.2) is 0 Å². The van der Waals surface area contributed by atoms with Crippen LogP contribution in [0.4, 0.5) is 5.95 Å². The van der Waals surface area contributed by atoms with Gasteiger partial charge >= 0.3 is 0 Å². The Morgan fingerprint density at radius 1 is 1.00 bits per heavy atom. The highest BCUT2D eigenvalue weighted by molar-refractivity contribution is 6.31. The molecule has 1 fully saturated rings. The molecule has 1 saturated heterocycles. The summed E-state index contributed by atoms with van der Waals surface area (Å²) in [6.45, 7) is 4.29. The first-order chi connectivity index (χ1) is 12.3. The monoisotopic (exact) mass is 352 g/mol. The Bertz CT molecular complexity index is 860. The number of aromatic nitrogens is 2. The maximum Gasteiger partial charge on any atom is 0.223 e. The van der Waals surface area contributed by atoms with E-state index in [0.29, 0.717) is 11.0 Å². The third-order valence-corrected chi connectivity index (χ3v) is 4.85. The lowest BCUT2D eigenvalue weighted by Crippen LogP contribution is -2.26. The quantitative estimate of drug-likeness (QED) is 0.736. The van der Waals surface area contributed by atoms with Gasteiger partial charge in [0, 0.05) is 29.1 Å². The SMILES string of the molecule is Clc1ccc2nc(NCCN3CCCC3)nc(-c3ccccc3)c2c1. The van der Waals surface area contributed by atoms with E-state index in [0.717, 1.165) is 35.2 Å². The van der Waals surface area contributed by atoms with Gasteiger partial charge in [0.1, 0.15) is 0 Å². The van der Waals surface area contributed by atoms with Crippen molar-refractivity contribution in [2.24, 2.45) is 0 Å². The molecule has 1 aromatic heterocycles. The van der Waals surface area contributed by atoms with Gasteiger partial charge in [-0.05, 0) is 44.1 Å². The molecular formula is C20H21ClN4. The average molecular weight is 353 g/mol. The first-order valence-electron chi connectivity index (χ1n) is 8.78. The molecule has 0 unspecified atom stereocenters. The molecule has 1 aliphatic heterocycles. The smallest absolute Gasteiger partial charge is 0.223 e. The van der Waals surface area contributed by atoms with Crippen LogP contribution in [-0.4, -0.2) is 41.0 Å². The van der Waals surface area contributed by atoms with Gasteiger partial charge < -0.3 is 10.2 Å². The van der Waals surface area contributed by atoms with Gasteiger partial charge in [-0.2, -0.15) is 0 Å². The lowest BCUT2D eigenvalue weighted by molar-refractivity contribution is 0.352. The first kappa shape index (κ1) is 16.3. The van der Waals surface area contributed by atoms with Crippen LogP contribution in [0.3, 0.4) is 0 Å². The summed E-state index contributed by atoms with van der Waals surface area (Å²) in [6, 6.07) is 16.0. The van der Waals surface area contributed by atoms with Gasteiger partial charge in [0.2, 0.25) is 5.95 Å². The third kappa shape index (κ3) is 3.75. The standard InChI is InChI=1S/C20H21ClN4/c21-16-8-9-18-17(14-16)19(15-6-2-1-3-7-15)24-20(23-18)22-10-13-25-11-4-5-12-25/h1-3,6-9,14H,4-5,10-13H2,(H,22,23,24). The Morgan fingerprint density at radius 3 is 2.60 bits per heavy atom. The molecule has 0 aliphatic carbocycles. The molecule has 0 radical (unpaired) electrons. The van der Waals surface area contributed by atoms with Gasteiger partial charge in [-0.1, -0.05) is 41.9 Å². The lowest BCUT2D eigenvalue weighted by atomic mass is 10.1. The first-order valence-corrected chi connectivity index (χ1v) is 9.16.